The van der Waals surface area contributed by atoms with Gasteiger partial charge in [-0.25, -0.2) is 4.98 Å². The van der Waals surface area contributed by atoms with E-state index in [9.17, 15) is 4.79 Å². The highest BCUT2D eigenvalue weighted by Crippen LogP contribution is 2.23. The zero-order valence-electron chi connectivity index (χ0n) is 9.03. The summed E-state index contributed by atoms with van der Waals surface area (Å²) in [6.45, 7) is 4.65. The van der Waals surface area contributed by atoms with E-state index >= 15 is 0 Å². The van der Waals surface area contributed by atoms with Gasteiger partial charge in [0.05, 0.1) is 16.8 Å². The first kappa shape index (κ1) is 10.8. The molecule has 2 heterocycles. The summed E-state index contributed by atoms with van der Waals surface area (Å²) in [5.41, 5.74) is 0.904. The Morgan fingerprint density at radius 2 is 2.53 bits per heavy atom. The third-order valence-corrected chi connectivity index (χ3v) is 3.63. The van der Waals surface area contributed by atoms with Gasteiger partial charge in [0.15, 0.2) is 0 Å². The molecule has 1 aliphatic heterocycles. The first-order valence-corrected chi connectivity index (χ1v) is 6.10. The zero-order valence-corrected chi connectivity index (χ0v) is 9.84. The van der Waals surface area contributed by atoms with Crippen LogP contribution in [-0.2, 0) is 16.0 Å². The smallest absolute Gasteiger partial charge is 0.144 e. The van der Waals surface area contributed by atoms with Crippen molar-refractivity contribution in [3.63, 3.8) is 0 Å². The second kappa shape index (κ2) is 4.41. The van der Waals surface area contributed by atoms with Gasteiger partial charge in [0.2, 0.25) is 0 Å². The maximum Gasteiger partial charge on any atom is 0.144 e. The van der Waals surface area contributed by atoms with Crippen LogP contribution in [-0.4, -0.2) is 23.5 Å². The second-order valence-electron chi connectivity index (χ2n) is 3.97. The molecule has 0 N–H and O–H groups in total. The van der Waals surface area contributed by atoms with E-state index in [0.717, 1.165) is 17.1 Å². The van der Waals surface area contributed by atoms with Crippen LogP contribution in [0.4, 0.5) is 0 Å². The molecule has 4 heteroatoms. The number of hydrogen-bond donors (Lipinski definition) is 0. The highest BCUT2D eigenvalue weighted by molar-refractivity contribution is 7.09. The summed E-state index contributed by atoms with van der Waals surface area (Å²) in [7, 11) is 0. The first-order chi connectivity index (χ1) is 7.16. The van der Waals surface area contributed by atoms with E-state index in [0.29, 0.717) is 13.0 Å². The van der Waals surface area contributed by atoms with Crippen molar-refractivity contribution in [2.75, 3.05) is 6.61 Å². The molecule has 0 radical (unpaired) electrons. The standard InChI is InChI=1S/C11H15NO2S/c1-7-10(3-4-14-7)11(13)5-9-6-15-8(2)12-9/h6-7,10H,3-5H2,1-2H3. The SMILES string of the molecule is Cc1nc(CC(=O)C2CCOC2C)cs1. The van der Waals surface area contributed by atoms with Gasteiger partial charge in [0.1, 0.15) is 5.78 Å². The number of carbonyl (C=O) groups excluding carboxylic acids is 1. The Bertz CT molecular complexity index is 361. The number of rotatable bonds is 3. The molecule has 1 aromatic heterocycles. The minimum absolute atomic E-state index is 0.0759. The van der Waals surface area contributed by atoms with Gasteiger partial charge < -0.3 is 4.74 Å². The number of hydrogen-bond acceptors (Lipinski definition) is 4. The lowest BCUT2D eigenvalue weighted by Crippen LogP contribution is -2.23. The molecule has 0 aliphatic carbocycles. The van der Waals surface area contributed by atoms with Gasteiger partial charge >= 0.3 is 0 Å². The molecule has 1 aromatic rings. The number of Topliss-reactive ketones (excluding diaryl/α,β-unsaturated/α-hetero) is 1. The quantitative estimate of drug-likeness (QED) is 0.789. The van der Waals surface area contributed by atoms with Gasteiger partial charge in [-0.1, -0.05) is 0 Å². The van der Waals surface area contributed by atoms with Crippen LogP contribution in [0.1, 0.15) is 24.0 Å². The summed E-state index contributed by atoms with van der Waals surface area (Å²) in [6, 6.07) is 0. The predicted octanol–water partition coefficient (Wildman–Crippen LogP) is 1.99. The molecule has 0 bridgehead atoms. The van der Waals surface area contributed by atoms with Crippen LogP contribution < -0.4 is 0 Å². The van der Waals surface area contributed by atoms with Crippen LogP contribution in [0.3, 0.4) is 0 Å². The zero-order chi connectivity index (χ0) is 10.8. The predicted molar refractivity (Wildman–Crippen MR) is 59.1 cm³/mol. The summed E-state index contributed by atoms with van der Waals surface area (Å²) >= 11 is 1.60. The minimum atomic E-state index is 0.0759. The Balaban J connectivity index is 1.97. The Morgan fingerprint density at radius 1 is 1.73 bits per heavy atom. The topological polar surface area (TPSA) is 39.2 Å². The molecular formula is C11H15NO2S. The highest BCUT2D eigenvalue weighted by Gasteiger charge is 2.30. The maximum atomic E-state index is 11.9. The van der Waals surface area contributed by atoms with Crippen LogP contribution in [0.5, 0.6) is 0 Å². The average Bonchev–Trinajstić information content (AvgIpc) is 2.75. The third kappa shape index (κ3) is 2.44. The van der Waals surface area contributed by atoms with Crippen LogP contribution in [0.15, 0.2) is 5.38 Å². The average molecular weight is 225 g/mol. The molecule has 2 atom stereocenters. The summed E-state index contributed by atoms with van der Waals surface area (Å²) in [4.78, 5) is 16.2. The number of aryl methyl sites for hydroxylation is 1. The van der Waals surface area contributed by atoms with Gasteiger partial charge in [0, 0.05) is 24.3 Å². The molecule has 1 fully saturated rings. The van der Waals surface area contributed by atoms with E-state index in [1.165, 1.54) is 0 Å². The van der Waals surface area contributed by atoms with Gasteiger partial charge in [-0.15, -0.1) is 11.3 Å². The molecule has 2 unspecified atom stereocenters. The van der Waals surface area contributed by atoms with Gasteiger partial charge in [-0.2, -0.15) is 0 Å². The Hall–Kier alpha value is -0.740. The molecule has 2 rings (SSSR count). The lowest BCUT2D eigenvalue weighted by atomic mass is 9.95. The van der Waals surface area contributed by atoms with Crippen LogP contribution in [0, 0.1) is 12.8 Å². The van der Waals surface area contributed by atoms with Crippen LogP contribution in [0.25, 0.3) is 0 Å². The number of thiazole rings is 1. The van der Waals surface area contributed by atoms with Crippen molar-refractivity contribution in [2.24, 2.45) is 5.92 Å². The fourth-order valence-corrected chi connectivity index (χ4v) is 2.57. The first-order valence-electron chi connectivity index (χ1n) is 5.22. The maximum absolute atomic E-state index is 11.9. The summed E-state index contributed by atoms with van der Waals surface area (Å²) in [5, 5.41) is 2.99. The van der Waals surface area contributed by atoms with Gasteiger partial charge in [-0.05, 0) is 20.3 Å². The Morgan fingerprint density at radius 3 is 3.07 bits per heavy atom. The van der Waals surface area contributed by atoms with Crippen LogP contribution in [0.2, 0.25) is 0 Å². The molecular weight excluding hydrogens is 210 g/mol. The number of nitrogens with zero attached hydrogens (tertiary/aromatic N) is 1. The third-order valence-electron chi connectivity index (χ3n) is 2.81. The molecule has 1 saturated heterocycles. The lowest BCUT2D eigenvalue weighted by molar-refractivity contribution is -0.123. The van der Waals surface area contributed by atoms with E-state index in [1.807, 2.05) is 19.2 Å². The molecule has 0 aromatic carbocycles. The minimum Gasteiger partial charge on any atom is -0.378 e. The van der Waals surface area contributed by atoms with Gasteiger partial charge in [-0.3, -0.25) is 4.79 Å². The molecule has 0 amide bonds. The van der Waals surface area contributed by atoms with Gasteiger partial charge in [0.25, 0.3) is 0 Å². The molecule has 82 valence electrons. The highest BCUT2D eigenvalue weighted by atomic mass is 32.1. The van der Waals surface area contributed by atoms with Crippen molar-refractivity contribution in [3.8, 4) is 0 Å². The second-order valence-corrected chi connectivity index (χ2v) is 5.03. The normalized spacial score (nSPS) is 25.7. The molecule has 3 nitrogen and oxygen atoms in total. The Labute approximate surface area is 93.5 Å². The van der Waals surface area contributed by atoms with Crippen molar-refractivity contribution >= 4 is 17.1 Å². The van der Waals surface area contributed by atoms with E-state index in [2.05, 4.69) is 4.98 Å². The van der Waals surface area contributed by atoms with Crippen molar-refractivity contribution in [2.45, 2.75) is 32.8 Å². The summed E-state index contributed by atoms with van der Waals surface area (Å²) in [5.74, 6) is 0.345. The van der Waals surface area contributed by atoms with Crippen LogP contribution >= 0.6 is 11.3 Å². The fraction of sp³-hybridized carbons (Fsp3) is 0.636. The number of carbonyl (C=O) groups is 1. The molecule has 1 aliphatic rings. The van der Waals surface area contributed by atoms with E-state index in [1.54, 1.807) is 11.3 Å². The van der Waals surface area contributed by atoms with Crippen molar-refractivity contribution in [1.29, 1.82) is 0 Å². The number of ketones is 1. The molecule has 0 saturated carbocycles. The monoisotopic (exact) mass is 225 g/mol. The lowest BCUT2D eigenvalue weighted by Gasteiger charge is -2.11. The Kier molecular flexibility index (Phi) is 3.17. The van der Waals surface area contributed by atoms with E-state index in [-0.39, 0.29) is 17.8 Å². The van der Waals surface area contributed by atoms with E-state index in [4.69, 9.17) is 4.74 Å². The van der Waals surface area contributed by atoms with Crippen molar-refractivity contribution in [3.05, 3.63) is 16.1 Å². The van der Waals surface area contributed by atoms with Crippen molar-refractivity contribution < 1.29 is 9.53 Å². The summed E-state index contributed by atoms with van der Waals surface area (Å²) in [6.07, 6.45) is 1.41. The largest absolute Gasteiger partial charge is 0.378 e. The summed E-state index contributed by atoms with van der Waals surface area (Å²) < 4.78 is 5.39. The fourth-order valence-electron chi connectivity index (χ4n) is 1.95. The van der Waals surface area contributed by atoms with E-state index < -0.39 is 0 Å². The molecule has 15 heavy (non-hydrogen) atoms. The number of aromatic nitrogens is 1. The number of ether oxygens (including phenoxy) is 1. The molecule has 0 spiro atoms. The van der Waals surface area contributed by atoms with Crippen molar-refractivity contribution in [1.82, 2.24) is 4.98 Å².